The lowest BCUT2D eigenvalue weighted by atomic mass is 9.99. The minimum absolute atomic E-state index is 0.0286. The van der Waals surface area contributed by atoms with Crippen molar-refractivity contribution in [3.05, 3.63) is 92.6 Å². The fraction of sp³-hybridized carbons (Fsp3) is 0.250. The number of benzene rings is 3. The number of piperazine rings is 1. The molecule has 214 valence electrons. The second-order valence-electron chi connectivity index (χ2n) is 10.5. The van der Waals surface area contributed by atoms with Crippen LogP contribution in [0.3, 0.4) is 0 Å². The Kier molecular flexibility index (Phi) is 6.56. The van der Waals surface area contributed by atoms with E-state index in [1.54, 1.807) is 36.4 Å². The summed E-state index contributed by atoms with van der Waals surface area (Å²) in [7, 11) is 1.51. The highest BCUT2D eigenvalue weighted by atomic mass is 16.7. The van der Waals surface area contributed by atoms with Crippen LogP contribution in [-0.2, 0) is 13.1 Å². The van der Waals surface area contributed by atoms with E-state index in [1.807, 2.05) is 12.1 Å². The summed E-state index contributed by atoms with van der Waals surface area (Å²) in [5.41, 5.74) is 1.63. The maximum atomic E-state index is 13.1. The molecule has 2 aliphatic rings. The van der Waals surface area contributed by atoms with E-state index in [9.17, 15) is 14.7 Å². The first-order valence-electron chi connectivity index (χ1n) is 13.7. The molecule has 2 aromatic heterocycles. The van der Waals surface area contributed by atoms with E-state index in [0.717, 1.165) is 49.8 Å². The lowest BCUT2D eigenvalue weighted by Crippen LogP contribution is -2.45. The summed E-state index contributed by atoms with van der Waals surface area (Å²) in [6.07, 6.45) is 0. The Labute approximate surface area is 239 Å². The zero-order valence-corrected chi connectivity index (χ0v) is 22.9. The summed E-state index contributed by atoms with van der Waals surface area (Å²) < 4.78 is 27.5. The normalized spacial score (nSPS) is 15.5. The summed E-state index contributed by atoms with van der Waals surface area (Å²) in [6.45, 7) is 4.62. The SMILES string of the molecule is COc1cccc2cc(-c3cc(=O)oc4c(CN5CCN(Cc6ccc7c(c6)OCO7)CC5)c(O)ccc34)c(=O)oc12. The molecule has 4 heterocycles. The molecule has 0 atom stereocenters. The van der Waals surface area contributed by atoms with Gasteiger partial charge in [-0.2, -0.15) is 0 Å². The number of nitrogens with zero attached hydrogens (tertiary/aromatic N) is 2. The van der Waals surface area contributed by atoms with Gasteiger partial charge in [0.05, 0.1) is 18.2 Å². The van der Waals surface area contributed by atoms with Gasteiger partial charge in [-0.05, 0) is 42.0 Å². The van der Waals surface area contributed by atoms with Crippen LogP contribution in [0.15, 0.2) is 79.1 Å². The van der Waals surface area contributed by atoms with Crippen molar-refractivity contribution in [1.82, 2.24) is 9.80 Å². The van der Waals surface area contributed by atoms with Crippen LogP contribution in [0.25, 0.3) is 33.1 Å². The van der Waals surface area contributed by atoms with E-state index in [4.69, 9.17) is 23.0 Å². The minimum atomic E-state index is -0.622. The Balaban J connectivity index is 1.16. The fourth-order valence-electron chi connectivity index (χ4n) is 5.74. The quantitative estimate of drug-likeness (QED) is 0.297. The number of aromatic hydroxyl groups is 1. The van der Waals surface area contributed by atoms with Gasteiger partial charge in [-0.1, -0.05) is 18.2 Å². The number of phenolic OH excluding ortho intramolecular Hbond substituents is 1. The van der Waals surface area contributed by atoms with Gasteiger partial charge in [-0.3, -0.25) is 9.80 Å². The largest absolute Gasteiger partial charge is 0.507 e. The van der Waals surface area contributed by atoms with Gasteiger partial charge in [0.2, 0.25) is 6.79 Å². The zero-order chi connectivity index (χ0) is 28.8. The van der Waals surface area contributed by atoms with Gasteiger partial charge in [0.25, 0.3) is 0 Å². The molecule has 0 aliphatic carbocycles. The summed E-state index contributed by atoms with van der Waals surface area (Å²) in [6, 6.07) is 17.5. The summed E-state index contributed by atoms with van der Waals surface area (Å²) in [5, 5.41) is 12.0. The van der Waals surface area contributed by atoms with Crippen LogP contribution >= 0.6 is 0 Å². The second-order valence-corrected chi connectivity index (χ2v) is 10.5. The smallest absolute Gasteiger partial charge is 0.344 e. The highest BCUT2D eigenvalue weighted by Gasteiger charge is 2.23. The van der Waals surface area contributed by atoms with Crippen LogP contribution in [0.2, 0.25) is 0 Å². The molecule has 0 saturated carbocycles. The van der Waals surface area contributed by atoms with E-state index >= 15 is 0 Å². The number of hydrogen-bond acceptors (Lipinski definition) is 10. The minimum Gasteiger partial charge on any atom is -0.507 e. The average molecular weight is 569 g/mol. The standard InChI is InChI=1S/C32H28N2O8/c1-38-27-4-2-3-20-14-23(32(37)42-30(20)27)22-15-29(36)41-31-21(22)6-7-25(35)24(31)17-34-11-9-33(10-12-34)16-19-5-8-26-28(13-19)40-18-39-26/h2-8,13-15,35H,9-12,16-18H2,1H3. The first kappa shape index (κ1) is 26.1. The first-order valence-corrected chi connectivity index (χ1v) is 13.7. The molecule has 1 N–H and O–H groups in total. The third kappa shape index (κ3) is 4.74. The lowest BCUT2D eigenvalue weighted by molar-refractivity contribution is 0.121. The summed E-state index contributed by atoms with van der Waals surface area (Å²) >= 11 is 0. The average Bonchev–Trinajstić information content (AvgIpc) is 3.47. The Hall–Kier alpha value is -4.80. The molecule has 42 heavy (non-hydrogen) atoms. The molecular weight excluding hydrogens is 540 g/mol. The van der Waals surface area contributed by atoms with Crippen molar-refractivity contribution in [2.75, 3.05) is 40.1 Å². The van der Waals surface area contributed by atoms with E-state index in [2.05, 4.69) is 15.9 Å². The van der Waals surface area contributed by atoms with Crippen LogP contribution in [0.4, 0.5) is 0 Å². The highest BCUT2D eigenvalue weighted by molar-refractivity contribution is 5.97. The lowest BCUT2D eigenvalue weighted by Gasteiger charge is -2.34. The molecule has 5 aromatic rings. The van der Waals surface area contributed by atoms with Crippen molar-refractivity contribution in [3.8, 4) is 34.1 Å². The number of para-hydroxylation sites is 1. The zero-order valence-electron chi connectivity index (χ0n) is 22.9. The Morgan fingerprint density at radius 2 is 1.60 bits per heavy atom. The van der Waals surface area contributed by atoms with Crippen molar-refractivity contribution < 1.29 is 28.2 Å². The molecule has 10 nitrogen and oxygen atoms in total. The second kappa shape index (κ2) is 10.6. The Morgan fingerprint density at radius 1 is 0.810 bits per heavy atom. The molecule has 10 heteroatoms. The van der Waals surface area contributed by atoms with E-state index in [-0.39, 0.29) is 23.7 Å². The highest BCUT2D eigenvalue weighted by Crippen LogP contribution is 2.35. The van der Waals surface area contributed by atoms with Gasteiger partial charge >= 0.3 is 11.3 Å². The first-order chi connectivity index (χ1) is 20.5. The molecule has 2 aliphatic heterocycles. The van der Waals surface area contributed by atoms with Gasteiger partial charge < -0.3 is 28.2 Å². The Morgan fingerprint density at radius 3 is 2.40 bits per heavy atom. The van der Waals surface area contributed by atoms with Crippen molar-refractivity contribution in [1.29, 1.82) is 0 Å². The molecule has 0 radical (unpaired) electrons. The van der Waals surface area contributed by atoms with Crippen LogP contribution in [-0.4, -0.2) is 55.0 Å². The molecule has 0 unspecified atom stereocenters. The predicted octanol–water partition coefficient (Wildman–Crippen LogP) is 4.33. The van der Waals surface area contributed by atoms with Crippen molar-refractivity contribution in [3.63, 3.8) is 0 Å². The van der Waals surface area contributed by atoms with Crippen LogP contribution in [0, 0.1) is 0 Å². The summed E-state index contributed by atoms with van der Waals surface area (Å²) in [5.74, 6) is 2.02. The number of hydrogen-bond donors (Lipinski definition) is 1. The molecule has 0 amide bonds. The monoisotopic (exact) mass is 568 g/mol. The number of phenols is 1. The van der Waals surface area contributed by atoms with Gasteiger partial charge in [0, 0.05) is 61.7 Å². The van der Waals surface area contributed by atoms with Gasteiger partial charge in [-0.25, -0.2) is 9.59 Å². The number of rotatable bonds is 6. The maximum Gasteiger partial charge on any atom is 0.344 e. The van der Waals surface area contributed by atoms with Crippen LogP contribution in [0.5, 0.6) is 23.0 Å². The van der Waals surface area contributed by atoms with Crippen molar-refractivity contribution in [2.45, 2.75) is 13.1 Å². The number of fused-ring (bicyclic) bond motifs is 3. The van der Waals surface area contributed by atoms with Gasteiger partial charge in [0.15, 0.2) is 22.8 Å². The number of methoxy groups -OCH3 is 1. The third-order valence-corrected chi connectivity index (χ3v) is 7.91. The van der Waals surface area contributed by atoms with Gasteiger partial charge in [-0.15, -0.1) is 0 Å². The van der Waals surface area contributed by atoms with E-state index < -0.39 is 11.3 Å². The molecule has 0 spiro atoms. The van der Waals surface area contributed by atoms with Crippen molar-refractivity contribution in [2.24, 2.45) is 0 Å². The predicted molar refractivity (Wildman–Crippen MR) is 155 cm³/mol. The third-order valence-electron chi connectivity index (χ3n) is 7.91. The van der Waals surface area contributed by atoms with Gasteiger partial charge in [0.1, 0.15) is 11.3 Å². The fourth-order valence-corrected chi connectivity index (χ4v) is 5.74. The molecule has 0 bridgehead atoms. The van der Waals surface area contributed by atoms with Crippen LogP contribution < -0.4 is 25.5 Å². The molecule has 1 fully saturated rings. The summed E-state index contributed by atoms with van der Waals surface area (Å²) in [4.78, 5) is 30.5. The number of ether oxygens (including phenoxy) is 3. The molecule has 1 saturated heterocycles. The van der Waals surface area contributed by atoms with E-state index in [1.165, 1.54) is 13.2 Å². The Bertz CT molecular complexity index is 1940. The van der Waals surface area contributed by atoms with E-state index in [0.29, 0.717) is 39.8 Å². The van der Waals surface area contributed by atoms with Crippen molar-refractivity contribution >= 4 is 21.9 Å². The van der Waals surface area contributed by atoms with Crippen LogP contribution in [0.1, 0.15) is 11.1 Å². The molecule has 3 aromatic carbocycles. The molecular formula is C32H28N2O8. The maximum absolute atomic E-state index is 13.1. The topological polar surface area (TPSA) is 115 Å². The molecule has 7 rings (SSSR count).